The Morgan fingerprint density at radius 1 is 0.935 bits per heavy atom. The second kappa shape index (κ2) is 9.75. The molecule has 2 amide bonds. The lowest BCUT2D eigenvalue weighted by molar-refractivity contribution is -0.115. The van der Waals surface area contributed by atoms with Crippen LogP contribution in [0.25, 0.3) is 10.8 Å². The van der Waals surface area contributed by atoms with Crippen molar-refractivity contribution in [2.24, 2.45) is 0 Å². The van der Waals surface area contributed by atoms with Crippen LogP contribution in [0.1, 0.15) is 54.6 Å². The number of benzene rings is 3. The number of para-hydroxylation sites is 1. The Balaban J connectivity index is 1.35. The van der Waals surface area contributed by atoms with Crippen molar-refractivity contribution in [1.29, 1.82) is 0 Å². The summed E-state index contributed by atoms with van der Waals surface area (Å²) in [4.78, 5) is 25.3. The van der Waals surface area contributed by atoms with Gasteiger partial charge in [0.1, 0.15) is 0 Å². The second-order valence-corrected chi connectivity index (χ2v) is 8.26. The standard InChI is InChI=1S/C26H29N3O2/c1-18(20-15-14-19-8-2-3-9-21(19)16-20)27-17-25(30)29-24-13-7-6-12-23(24)26(31)28-22-10-4-5-11-22/h2-3,6-9,12-16,18,22,27H,4-5,10-11,17H2,1H3,(H,28,31)(H,29,30)/t18-/m1/s1. The number of hydrogen-bond donors (Lipinski definition) is 3. The van der Waals surface area contributed by atoms with E-state index in [0.29, 0.717) is 11.3 Å². The highest BCUT2D eigenvalue weighted by Gasteiger charge is 2.20. The first-order valence-electron chi connectivity index (χ1n) is 11.0. The topological polar surface area (TPSA) is 70.2 Å². The zero-order valence-electron chi connectivity index (χ0n) is 17.9. The maximum Gasteiger partial charge on any atom is 0.253 e. The lowest BCUT2D eigenvalue weighted by atomic mass is 10.0. The summed E-state index contributed by atoms with van der Waals surface area (Å²) in [5, 5.41) is 11.6. The van der Waals surface area contributed by atoms with Gasteiger partial charge >= 0.3 is 0 Å². The molecule has 3 aromatic rings. The van der Waals surface area contributed by atoms with Crippen molar-refractivity contribution in [3.8, 4) is 0 Å². The van der Waals surface area contributed by atoms with Crippen LogP contribution in [0.2, 0.25) is 0 Å². The lowest BCUT2D eigenvalue weighted by Gasteiger charge is -2.17. The minimum absolute atomic E-state index is 0.0243. The van der Waals surface area contributed by atoms with Crippen LogP contribution in [-0.4, -0.2) is 24.4 Å². The fraction of sp³-hybridized carbons (Fsp3) is 0.308. The predicted octanol–water partition coefficient (Wildman–Crippen LogP) is 4.80. The molecule has 0 heterocycles. The molecule has 0 bridgehead atoms. The van der Waals surface area contributed by atoms with Crippen LogP contribution < -0.4 is 16.0 Å². The van der Waals surface area contributed by atoms with Crippen LogP contribution in [0.4, 0.5) is 5.69 Å². The van der Waals surface area contributed by atoms with E-state index in [4.69, 9.17) is 0 Å². The van der Waals surface area contributed by atoms with Crippen molar-refractivity contribution >= 4 is 28.3 Å². The Kier molecular flexibility index (Phi) is 6.63. The molecule has 1 aliphatic carbocycles. The molecule has 160 valence electrons. The van der Waals surface area contributed by atoms with Gasteiger partial charge in [0, 0.05) is 12.1 Å². The molecule has 5 heteroatoms. The molecule has 5 nitrogen and oxygen atoms in total. The quantitative estimate of drug-likeness (QED) is 0.519. The molecular formula is C26H29N3O2. The fourth-order valence-electron chi connectivity index (χ4n) is 4.16. The number of carbonyl (C=O) groups excluding carboxylic acids is 2. The predicted molar refractivity (Wildman–Crippen MR) is 125 cm³/mol. The Hall–Kier alpha value is -3.18. The molecule has 0 spiro atoms. The van der Waals surface area contributed by atoms with Gasteiger partial charge in [0.15, 0.2) is 0 Å². The second-order valence-electron chi connectivity index (χ2n) is 8.26. The number of anilines is 1. The third kappa shape index (κ3) is 5.30. The molecule has 0 radical (unpaired) electrons. The van der Waals surface area contributed by atoms with E-state index >= 15 is 0 Å². The van der Waals surface area contributed by atoms with Crippen molar-refractivity contribution in [2.45, 2.75) is 44.7 Å². The highest BCUT2D eigenvalue weighted by molar-refractivity contribution is 6.04. The van der Waals surface area contributed by atoms with E-state index in [2.05, 4.69) is 46.3 Å². The smallest absolute Gasteiger partial charge is 0.253 e. The number of nitrogens with one attached hydrogen (secondary N) is 3. The minimum Gasteiger partial charge on any atom is -0.349 e. The van der Waals surface area contributed by atoms with Crippen LogP contribution in [-0.2, 0) is 4.79 Å². The lowest BCUT2D eigenvalue weighted by Crippen LogP contribution is -2.34. The van der Waals surface area contributed by atoms with Crippen molar-refractivity contribution in [3.05, 3.63) is 77.9 Å². The zero-order valence-corrected chi connectivity index (χ0v) is 17.9. The van der Waals surface area contributed by atoms with E-state index in [1.807, 2.05) is 31.2 Å². The largest absolute Gasteiger partial charge is 0.349 e. The summed E-state index contributed by atoms with van der Waals surface area (Å²) in [5.41, 5.74) is 2.18. The van der Waals surface area contributed by atoms with E-state index in [9.17, 15) is 9.59 Å². The molecule has 1 atom stereocenters. The van der Waals surface area contributed by atoms with Gasteiger partial charge in [-0.15, -0.1) is 0 Å². The molecular weight excluding hydrogens is 386 g/mol. The maximum absolute atomic E-state index is 12.7. The molecule has 3 N–H and O–H groups in total. The monoisotopic (exact) mass is 415 g/mol. The molecule has 3 aromatic carbocycles. The first-order valence-corrected chi connectivity index (χ1v) is 11.0. The Labute approximate surface area is 183 Å². The van der Waals surface area contributed by atoms with Gasteiger partial charge in [-0.05, 0) is 54.3 Å². The average Bonchev–Trinajstić information content (AvgIpc) is 3.30. The Morgan fingerprint density at radius 2 is 1.65 bits per heavy atom. The summed E-state index contributed by atoms with van der Waals surface area (Å²) in [6.07, 6.45) is 4.36. The van der Waals surface area contributed by atoms with Gasteiger partial charge in [0.25, 0.3) is 5.91 Å². The van der Waals surface area contributed by atoms with Crippen LogP contribution in [0.3, 0.4) is 0 Å². The van der Waals surface area contributed by atoms with E-state index in [0.717, 1.165) is 31.2 Å². The molecule has 0 saturated heterocycles. The van der Waals surface area contributed by atoms with E-state index in [-0.39, 0.29) is 30.4 Å². The van der Waals surface area contributed by atoms with Gasteiger partial charge in [0.05, 0.1) is 17.8 Å². The number of carbonyl (C=O) groups is 2. The van der Waals surface area contributed by atoms with Crippen molar-refractivity contribution < 1.29 is 9.59 Å². The Morgan fingerprint density at radius 3 is 2.45 bits per heavy atom. The van der Waals surface area contributed by atoms with Crippen molar-refractivity contribution in [2.75, 3.05) is 11.9 Å². The first kappa shape index (κ1) is 21.1. The van der Waals surface area contributed by atoms with Crippen LogP contribution in [0, 0.1) is 0 Å². The number of hydrogen-bond acceptors (Lipinski definition) is 3. The summed E-state index contributed by atoms with van der Waals surface area (Å²) in [6, 6.07) is 22.0. The van der Waals surface area contributed by atoms with Crippen LogP contribution in [0.15, 0.2) is 66.7 Å². The summed E-state index contributed by atoms with van der Waals surface area (Å²) >= 11 is 0. The van der Waals surface area contributed by atoms with Gasteiger partial charge in [-0.1, -0.05) is 61.4 Å². The van der Waals surface area contributed by atoms with Crippen molar-refractivity contribution in [3.63, 3.8) is 0 Å². The summed E-state index contributed by atoms with van der Waals surface area (Å²) < 4.78 is 0. The van der Waals surface area contributed by atoms with Crippen LogP contribution >= 0.6 is 0 Å². The fourth-order valence-corrected chi connectivity index (χ4v) is 4.16. The molecule has 0 unspecified atom stereocenters. The van der Waals surface area contributed by atoms with Crippen LogP contribution in [0.5, 0.6) is 0 Å². The summed E-state index contributed by atoms with van der Waals surface area (Å²) in [7, 11) is 0. The third-order valence-electron chi connectivity index (χ3n) is 5.98. The normalized spacial score (nSPS) is 15.0. The molecule has 1 fully saturated rings. The zero-order chi connectivity index (χ0) is 21.6. The highest BCUT2D eigenvalue weighted by Crippen LogP contribution is 2.21. The molecule has 1 aliphatic rings. The van der Waals surface area contributed by atoms with E-state index in [1.165, 1.54) is 10.8 Å². The van der Waals surface area contributed by atoms with Crippen molar-refractivity contribution in [1.82, 2.24) is 10.6 Å². The number of amides is 2. The SMILES string of the molecule is C[C@@H](NCC(=O)Nc1ccccc1C(=O)NC1CCCC1)c1ccc2ccccc2c1. The molecule has 0 aliphatic heterocycles. The van der Waals surface area contributed by atoms with E-state index in [1.54, 1.807) is 12.1 Å². The summed E-state index contributed by atoms with van der Waals surface area (Å²) in [6.45, 7) is 2.20. The van der Waals surface area contributed by atoms with Gasteiger partial charge in [0.2, 0.25) is 5.91 Å². The highest BCUT2D eigenvalue weighted by atomic mass is 16.2. The molecule has 0 aromatic heterocycles. The maximum atomic E-state index is 12.7. The van der Waals surface area contributed by atoms with Gasteiger partial charge in [-0.3, -0.25) is 9.59 Å². The third-order valence-corrected chi connectivity index (χ3v) is 5.98. The number of fused-ring (bicyclic) bond motifs is 1. The molecule has 31 heavy (non-hydrogen) atoms. The van der Waals surface area contributed by atoms with Gasteiger partial charge < -0.3 is 16.0 Å². The first-order chi connectivity index (χ1) is 15.1. The summed E-state index contributed by atoms with van der Waals surface area (Å²) in [5.74, 6) is -0.297. The Bertz CT molecular complexity index is 1070. The molecule has 4 rings (SSSR count). The minimum atomic E-state index is -0.172. The average molecular weight is 416 g/mol. The number of rotatable bonds is 7. The van der Waals surface area contributed by atoms with E-state index < -0.39 is 0 Å². The molecule has 1 saturated carbocycles. The van der Waals surface area contributed by atoms with Gasteiger partial charge in [-0.2, -0.15) is 0 Å². The van der Waals surface area contributed by atoms with Gasteiger partial charge in [-0.25, -0.2) is 0 Å².